The summed E-state index contributed by atoms with van der Waals surface area (Å²) in [5.41, 5.74) is 1.38. The number of esters is 1. The molecule has 2 aromatic heterocycles. The molecule has 2 heterocycles. The lowest BCUT2D eigenvalue weighted by atomic mass is 10.1. The third-order valence-electron chi connectivity index (χ3n) is 3.70. The first-order chi connectivity index (χ1) is 13.5. The minimum absolute atomic E-state index is 0.129. The summed E-state index contributed by atoms with van der Waals surface area (Å²) in [6, 6.07) is 10.8. The molecule has 144 valence electrons. The van der Waals surface area contributed by atoms with Crippen molar-refractivity contribution < 1.29 is 19.1 Å². The highest BCUT2D eigenvalue weighted by Gasteiger charge is 2.13. The molecule has 3 aromatic rings. The number of carbonyl (C=O) groups excluding carboxylic acids is 3. The number of benzene rings is 1. The van der Waals surface area contributed by atoms with E-state index in [0.717, 1.165) is 15.4 Å². The normalized spacial score (nSPS) is 10.3. The Hall–Kier alpha value is -3.04. The van der Waals surface area contributed by atoms with Crippen LogP contribution in [0.15, 0.2) is 48.0 Å². The molecule has 28 heavy (non-hydrogen) atoms. The molecule has 0 atom stereocenters. The summed E-state index contributed by atoms with van der Waals surface area (Å²) in [5.74, 6) is -1.02. The number of rotatable bonds is 7. The number of hydrogen-bond acceptors (Lipinski definition) is 7. The van der Waals surface area contributed by atoms with Crippen LogP contribution in [0.1, 0.15) is 15.2 Å². The number of methoxy groups -OCH3 is 1. The van der Waals surface area contributed by atoms with E-state index in [1.54, 1.807) is 41.8 Å². The molecule has 0 saturated carbocycles. The number of nitrogens with one attached hydrogen (secondary N) is 2. The fraction of sp³-hybridized carbons (Fsp3) is 0.158. The molecule has 2 N–H and O–H groups in total. The number of ether oxygens (including phenoxy) is 1. The molecule has 0 unspecified atom stereocenters. The van der Waals surface area contributed by atoms with Crippen LogP contribution >= 0.6 is 22.7 Å². The van der Waals surface area contributed by atoms with Gasteiger partial charge in [-0.05, 0) is 29.1 Å². The molecule has 9 heteroatoms. The minimum atomic E-state index is -0.503. The zero-order valence-corrected chi connectivity index (χ0v) is 16.6. The third-order valence-corrected chi connectivity index (χ3v) is 5.73. The highest BCUT2D eigenvalue weighted by Crippen LogP contribution is 2.29. The van der Waals surface area contributed by atoms with E-state index in [4.69, 9.17) is 0 Å². The lowest BCUT2D eigenvalue weighted by Gasteiger charge is -2.06. The number of thiazole rings is 1. The molecule has 0 radical (unpaired) electrons. The number of nitrogens with zero attached hydrogens (tertiary/aromatic N) is 1. The van der Waals surface area contributed by atoms with E-state index in [-0.39, 0.29) is 24.8 Å². The molecule has 0 aliphatic rings. The zero-order chi connectivity index (χ0) is 19.9. The fourth-order valence-corrected chi connectivity index (χ4v) is 3.90. The maximum absolute atomic E-state index is 12.4. The summed E-state index contributed by atoms with van der Waals surface area (Å²) in [6.07, 6.45) is 1.69. The summed E-state index contributed by atoms with van der Waals surface area (Å²) in [4.78, 5) is 41.0. The van der Waals surface area contributed by atoms with Crippen LogP contribution in [0.5, 0.6) is 0 Å². The monoisotopic (exact) mass is 415 g/mol. The van der Waals surface area contributed by atoms with Gasteiger partial charge in [0.05, 0.1) is 24.6 Å². The predicted octanol–water partition coefficient (Wildman–Crippen LogP) is 2.96. The molecule has 0 saturated heterocycles. The lowest BCUT2D eigenvalue weighted by molar-refractivity contribution is -0.141. The molecule has 0 aliphatic heterocycles. The fourth-order valence-electron chi connectivity index (χ4n) is 2.28. The molecule has 3 rings (SSSR count). The SMILES string of the molecule is COC(=O)CNC(=O)Cc1ccc(NC(=O)c2cnc(-c3cccs3)s2)cc1. The average Bonchev–Trinajstić information content (AvgIpc) is 3.39. The van der Waals surface area contributed by atoms with Gasteiger partial charge in [0.25, 0.3) is 5.91 Å². The average molecular weight is 415 g/mol. The van der Waals surface area contributed by atoms with Crippen molar-refractivity contribution in [2.45, 2.75) is 6.42 Å². The lowest BCUT2D eigenvalue weighted by Crippen LogP contribution is -2.31. The molecular formula is C19H17N3O4S2. The van der Waals surface area contributed by atoms with Crippen LogP contribution in [0.4, 0.5) is 5.69 Å². The van der Waals surface area contributed by atoms with Crippen LogP contribution in [0.3, 0.4) is 0 Å². The third kappa shape index (κ3) is 5.24. The maximum atomic E-state index is 12.4. The van der Waals surface area contributed by atoms with Crippen molar-refractivity contribution in [3.63, 3.8) is 0 Å². The second-order valence-electron chi connectivity index (χ2n) is 5.69. The van der Waals surface area contributed by atoms with Crippen molar-refractivity contribution in [3.05, 3.63) is 58.4 Å². The van der Waals surface area contributed by atoms with Gasteiger partial charge in [-0.25, -0.2) is 4.98 Å². The Balaban J connectivity index is 1.54. The molecule has 0 spiro atoms. The largest absolute Gasteiger partial charge is 0.468 e. The first-order valence-corrected chi connectivity index (χ1v) is 9.98. The topological polar surface area (TPSA) is 97.4 Å². The predicted molar refractivity (Wildman–Crippen MR) is 109 cm³/mol. The van der Waals surface area contributed by atoms with E-state index >= 15 is 0 Å². The summed E-state index contributed by atoms with van der Waals surface area (Å²) in [7, 11) is 1.26. The van der Waals surface area contributed by atoms with Gasteiger partial charge in [-0.15, -0.1) is 22.7 Å². The Labute approximate surface area is 169 Å². The molecular weight excluding hydrogens is 398 g/mol. The van der Waals surface area contributed by atoms with Gasteiger partial charge in [-0.1, -0.05) is 18.2 Å². The molecule has 0 aliphatic carbocycles. The number of amides is 2. The minimum Gasteiger partial charge on any atom is -0.468 e. The van der Waals surface area contributed by atoms with E-state index in [1.165, 1.54) is 18.4 Å². The summed E-state index contributed by atoms with van der Waals surface area (Å²) in [6.45, 7) is -0.161. The van der Waals surface area contributed by atoms with Crippen molar-refractivity contribution in [2.24, 2.45) is 0 Å². The molecule has 0 bridgehead atoms. The van der Waals surface area contributed by atoms with Crippen molar-refractivity contribution in [1.82, 2.24) is 10.3 Å². The number of thiophene rings is 1. The van der Waals surface area contributed by atoms with Crippen LogP contribution in [-0.4, -0.2) is 36.4 Å². The van der Waals surface area contributed by atoms with Crippen molar-refractivity contribution in [3.8, 4) is 9.88 Å². The Morgan fingerprint density at radius 3 is 2.61 bits per heavy atom. The van der Waals surface area contributed by atoms with Crippen LogP contribution in [0, 0.1) is 0 Å². The van der Waals surface area contributed by atoms with Gasteiger partial charge in [0.1, 0.15) is 16.4 Å². The van der Waals surface area contributed by atoms with Crippen molar-refractivity contribution in [2.75, 3.05) is 19.0 Å². The number of anilines is 1. The quantitative estimate of drug-likeness (QED) is 0.578. The van der Waals surface area contributed by atoms with Gasteiger partial charge >= 0.3 is 5.97 Å². The van der Waals surface area contributed by atoms with Gasteiger partial charge in [0.15, 0.2) is 0 Å². The van der Waals surface area contributed by atoms with Crippen LogP contribution in [0.25, 0.3) is 9.88 Å². The smallest absolute Gasteiger partial charge is 0.325 e. The maximum Gasteiger partial charge on any atom is 0.325 e. The Morgan fingerprint density at radius 2 is 1.93 bits per heavy atom. The summed E-state index contributed by atoms with van der Waals surface area (Å²) >= 11 is 2.91. The highest BCUT2D eigenvalue weighted by atomic mass is 32.1. The van der Waals surface area contributed by atoms with Gasteiger partial charge in [0.2, 0.25) is 5.91 Å². The van der Waals surface area contributed by atoms with Crippen molar-refractivity contribution >= 4 is 46.1 Å². The van der Waals surface area contributed by atoms with E-state index in [9.17, 15) is 14.4 Å². The van der Waals surface area contributed by atoms with E-state index in [2.05, 4.69) is 20.4 Å². The van der Waals surface area contributed by atoms with E-state index in [0.29, 0.717) is 10.6 Å². The van der Waals surface area contributed by atoms with Gasteiger partial charge in [-0.3, -0.25) is 14.4 Å². The van der Waals surface area contributed by atoms with Crippen LogP contribution in [-0.2, 0) is 20.7 Å². The van der Waals surface area contributed by atoms with Gasteiger partial charge in [0, 0.05) is 5.69 Å². The summed E-state index contributed by atoms with van der Waals surface area (Å²) in [5, 5.41) is 8.07. The first-order valence-electron chi connectivity index (χ1n) is 8.28. The number of hydrogen-bond donors (Lipinski definition) is 2. The van der Waals surface area contributed by atoms with E-state index in [1.807, 2.05) is 17.5 Å². The van der Waals surface area contributed by atoms with Gasteiger partial charge < -0.3 is 15.4 Å². The number of carbonyl (C=O) groups is 3. The molecule has 1 aromatic carbocycles. The van der Waals surface area contributed by atoms with Gasteiger partial charge in [-0.2, -0.15) is 0 Å². The van der Waals surface area contributed by atoms with Crippen molar-refractivity contribution in [1.29, 1.82) is 0 Å². The van der Waals surface area contributed by atoms with E-state index < -0.39 is 5.97 Å². The number of aromatic nitrogens is 1. The molecule has 7 nitrogen and oxygen atoms in total. The Kier molecular flexibility index (Phi) is 6.51. The van der Waals surface area contributed by atoms with Crippen LogP contribution in [0.2, 0.25) is 0 Å². The molecule has 0 fully saturated rings. The molecule has 2 amide bonds. The highest BCUT2D eigenvalue weighted by molar-refractivity contribution is 7.22. The summed E-state index contributed by atoms with van der Waals surface area (Å²) < 4.78 is 4.47. The zero-order valence-electron chi connectivity index (χ0n) is 14.9. The Bertz CT molecular complexity index is 965. The first kappa shape index (κ1) is 19.7. The van der Waals surface area contributed by atoms with Crippen LogP contribution < -0.4 is 10.6 Å². The second kappa shape index (κ2) is 9.25. The standard InChI is InChI=1S/C19H17N3O4S2/c1-26-17(24)11-20-16(23)9-12-4-6-13(7-5-12)22-18(25)15-10-21-19(28-15)14-3-2-8-27-14/h2-8,10H,9,11H2,1H3,(H,20,23)(H,22,25). The Morgan fingerprint density at radius 1 is 1.14 bits per heavy atom. The second-order valence-corrected chi connectivity index (χ2v) is 7.67.